The number of nitrogens with zero attached hydrogens (tertiary/aromatic N) is 1. The fourth-order valence-electron chi connectivity index (χ4n) is 3.06. The Morgan fingerprint density at radius 3 is 2.86 bits per heavy atom. The van der Waals surface area contributed by atoms with E-state index in [1.54, 1.807) is 0 Å². The van der Waals surface area contributed by atoms with Crippen molar-refractivity contribution >= 4 is 15.9 Å². The molecule has 0 radical (unpaired) electrons. The third kappa shape index (κ3) is 2.80. The van der Waals surface area contributed by atoms with E-state index in [9.17, 15) is 17.6 Å². The van der Waals surface area contributed by atoms with Gasteiger partial charge in [-0.3, -0.25) is 4.79 Å². The van der Waals surface area contributed by atoms with E-state index in [2.05, 4.69) is 5.32 Å². The van der Waals surface area contributed by atoms with Crippen molar-refractivity contribution in [2.45, 2.75) is 30.2 Å². The van der Waals surface area contributed by atoms with Crippen LogP contribution in [0.3, 0.4) is 0 Å². The molecule has 7 heteroatoms. The molecule has 1 aromatic carbocycles. The van der Waals surface area contributed by atoms with Crippen LogP contribution in [0.25, 0.3) is 0 Å². The Bertz CT molecular complexity index is 662. The number of fused-ring (bicyclic) bond motifs is 1. The van der Waals surface area contributed by atoms with Crippen LogP contribution in [0, 0.1) is 11.7 Å². The molecule has 1 N–H and O–H groups in total. The number of carbonyl (C=O) groups is 1. The van der Waals surface area contributed by atoms with Gasteiger partial charge in [0.15, 0.2) is 0 Å². The molecule has 5 nitrogen and oxygen atoms in total. The van der Waals surface area contributed by atoms with Crippen molar-refractivity contribution in [1.29, 1.82) is 0 Å². The minimum absolute atomic E-state index is 0.0208. The highest BCUT2D eigenvalue weighted by molar-refractivity contribution is 7.89. The first-order valence-corrected chi connectivity index (χ1v) is 8.46. The smallest absolute Gasteiger partial charge is 0.243 e. The summed E-state index contributed by atoms with van der Waals surface area (Å²) in [6.45, 7) is 0.638. The van der Waals surface area contributed by atoms with Crippen molar-refractivity contribution in [1.82, 2.24) is 9.62 Å². The number of hydrogen-bond donors (Lipinski definition) is 1. The summed E-state index contributed by atoms with van der Waals surface area (Å²) in [7, 11) is -3.71. The van der Waals surface area contributed by atoms with Crippen LogP contribution >= 0.6 is 0 Å². The zero-order valence-corrected chi connectivity index (χ0v) is 12.3. The maximum absolute atomic E-state index is 13.2. The zero-order valence-electron chi connectivity index (χ0n) is 11.5. The van der Waals surface area contributed by atoms with E-state index in [4.69, 9.17) is 0 Å². The molecule has 1 aromatic rings. The lowest BCUT2D eigenvalue weighted by Gasteiger charge is -2.17. The van der Waals surface area contributed by atoms with Crippen LogP contribution in [0.1, 0.15) is 19.3 Å². The number of hydrogen-bond acceptors (Lipinski definition) is 3. The van der Waals surface area contributed by atoms with Gasteiger partial charge in [0.1, 0.15) is 5.82 Å². The van der Waals surface area contributed by atoms with E-state index >= 15 is 0 Å². The average Bonchev–Trinajstić information content (AvgIpc) is 2.75. The second kappa shape index (κ2) is 5.38. The van der Waals surface area contributed by atoms with Crippen LogP contribution in [0.4, 0.5) is 4.39 Å². The quantitative estimate of drug-likeness (QED) is 0.890. The van der Waals surface area contributed by atoms with Crippen LogP contribution in [0.2, 0.25) is 0 Å². The summed E-state index contributed by atoms with van der Waals surface area (Å²) >= 11 is 0. The molecule has 0 aliphatic carbocycles. The molecule has 21 heavy (non-hydrogen) atoms. The highest BCUT2D eigenvalue weighted by atomic mass is 32.2. The summed E-state index contributed by atoms with van der Waals surface area (Å²) in [4.78, 5) is 11.5. The number of sulfonamides is 1. The standard InChI is InChI=1S/C14H17FN2O3S/c15-11-4-2-5-12(7-11)21(19,20)17-8-10-3-1-6-14(18)16-13(10)9-17/h2,4-5,7,10,13H,1,3,6,8-9H2,(H,16,18)/t10-,13+/m1/s1. The van der Waals surface area contributed by atoms with Crippen LogP contribution in [0.15, 0.2) is 29.2 Å². The SMILES string of the molecule is O=C1CCC[C@@H]2CN(S(=O)(=O)c3cccc(F)c3)C[C@@H]2N1. The predicted molar refractivity (Wildman–Crippen MR) is 74.4 cm³/mol. The highest BCUT2D eigenvalue weighted by Crippen LogP contribution is 2.29. The van der Waals surface area contributed by atoms with Crippen LogP contribution in [-0.4, -0.2) is 37.8 Å². The van der Waals surface area contributed by atoms with Crippen LogP contribution < -0.4 is 5.32 Å². The van der Waals surface area contributed by atoms with E-state index in [1.165, 1.54) is 22.5 Å². The molecule has 3 rings (SSSR count). The van der Waals surface area contributed by atoms with Crippen molar-refractivity contribution in [2.24, 2.45) is 5.92 Å². The van der Waals surface area contributed by atoms with Gasteiger partial charge in [-0.2, -0.15) is 4.31 Å². The van der Waals surface area contributed by atoms with Crippen LogP contribution in [0.5, 0.6) is 0 Å². The maximum Gasteiger partial charge on any atom is 0.243 e. The summed E-state index contributed by atoms with van der Waals surface area (Å²) in [5.74, 6) is -0.454. The lowest BCUT2D eigenvalue weighted by molar-refractivity contribution is -0.121. The number of amides is 1. The minimum Gasteiger partial charge on any atom is -0.352 e. The summed E-state index contributed by atoms with van der Waals surface area (Å²) in [6, 6.07) is 4.89. The number of benzene rings is 1. The Balaban J connectivity index is 1.83. The topological polar surface area (TPSA) is 66.5 Å². The Kier molecular flexibility index (Phi) is 3.71. The minimum atomic E-state index is -3.71. The van der Waals surface area contributed by atoms with E-state index < -0.39 is 15.8 Å². The van der Waals surface area contributed by atoms with Gasteiger partial charge in [-0.1, -0.05) is 6.07 Å². The number of rotatable bonds is 2. The van der Waals surface area contributed by atoms with Gasteiger partial charge >= 0.3 is 0 Å². The molecular formula is C14H17FN2O3S. The van der Waals surface area contributed by atoms with Gasteiger partial charge in [0, 0.05) is 25.6 Å². The predicted octanol–water partition coefficient (Wildman–Crippen LogP) is 1.11. The van der Waals surface area contributed by atoms with Crippen molar-refractivity contribution in [2.75, 3.05) is 13.1 Å². The van der Waals surface area contributed by atoms with Crippen molar-refractivity contribution in [3.8, 4) is 0 Å². The zero-order chi connectivity index (χ0) is 15.0. The molecule has 2 saturated heterocycles. The van der Waals surface area contributed by atoms with Crippen molar-refractivity contribution in [3.05, 3.63) is 30.1 Å². The van der Waals surface area contributed by atoms with E-state index in [1.807, 2.05) is 0 Å². The van der Waals surface area contributed by atoms with Crippen LogP contribution in [-0.2, 0) is 14.8 Å². The largest absolute Gasteiger partial charge is 0.352 e. The molecule has 114 valence electrons. The molecule has 2 fully saturated rings. The Labute approximate surface area is 123 Å². The first-order valence-electron chi connectivity index (χ1n) is 7.02. The highest BCUT2D eigenvalue weighted by Gasteiger charge is 2.40. The van der Waals surface area contributed by atoms with E-state index in [0.717, 1.165) is 18.9 Å². The van der Waals surface area contributed by atoms with E-state index in [-0.39, 0.29) is 29.3 Å². The molecule has 0 aromatic heterocycles. The molecule has 0 saturated carbocycles. The van der Waals surface area contributed by atoms with Gasteiger partial charge in [-0.15, -0.1) is 0 Å². The van der Waals surface area contributed by atoms with Gasteiger partial charge in [0.05, 0.1) is 4.90 Å². The molecule has 2 atom stereocenters. The van der Waals surface area contributed by atoms with Crippen molar-refractivity contribution in [3.63, 3.8) is 0 Å². The lowest BCUT2D eigenvalue weighted by Crippen LogP contribution is -2.39. The molecule has 2 heterocycles. The van der Waals surface area contributed by atoms with Gasteiger partial charge < -0.3 is 5.32 Å². The average molecular weight is 312 g/mol. The third-order valence-electron chi connectivity index (χ3n) is 4.17. The summed E-state index contributed by atoms with van der Waals surface area (Å²) in [6.07, 6.45) is 2.11. The second-order valence-corrected chi connectivity index (χ2v) is 7.54. The molecule has 0 bridgehead atoms. The third-order valence-corrected chi connectivity index (χ3v) is 5.99. The maximum atomic E-state index is 13.2. The first-order chi connectivity index (χ1) is 9.96. The second-order valence-electron chi connectivity index (χ2n) is 5.61. The molecular weight excluding hydrogens is 295 g/mol. The van der Waals surface area contributed by atoms with Crippen molar-refractivity contribution < 1.29 is 17.6 Å². The van der Waals surface area contributed by atoms with Gasteiger partial charge in [0.2, 0.25) is 15.9 Å². The molecule has 0 spiro atoms. The summed E-state index contributed by atoms with van der Waals surface area (Å²) < 4.78 is 39.7. The fourth-order valence-corrected chi connectivity index (χ4v) is 4.62. The Morgan fingerprint density at radius 1 is 1.29 bits per heavy atom. The molecule has 1 amide bonds. The van der Waals surface area contributed by atoms with Gasteiger partial charge in [0.25, 0.3) is 0 Å². The first kappa shape index (κ1) is 14.5. The van der Waals surface area contributed by atoms with E-state index in [0.29, 0.717) is 13.0 Å². The fraction of sp³-hybridized carbons (Fsp3) is 0.500. The summed E-state index contributed by atoms with van der Waals surface area (Å²) in [5, 5.41) is 2.89. The Morgan fingerprint density at radius 2 is 2.10 bits per heavy atom. The number of halogens is 1. The lowest BCUT2D eigenvalue weighted by atomic mass is 9.99. The Hall–Kier alpha value is -1.47. The van der Waals surface area contributed by atoms with Gasteiger partial charge in [-0.25, -0.2) is 12.8 Å². The number of nitrogens with one attached hydrogen (secondary N) is 1. The molecule has 0 unspecified atom stereocenters. The summed E-state index contributed by atoms with van der Waals surface area (Å²) in [5.41, 5.74) is 0. The molecule has 2 aliphatic heterocycles. The monoisotopic (exact) mass is 312 g/mol. The molecule has 2 aliphatic rings. The van der Waals surface area contributed by atoms with Gasteiger partial charge in [-0.05, 0) is 37.0 Å². The normalized spacial score (nSPS) is 27.0. The number of carbonyl (C=O) groups excluding carboxylic acids is 1.